The number of carboxylic acid groups (broad SMARTS) is 1. The van der Waals surface area contributed by atoms with Gasteiger partial charge in [-0.15, -0.1) is 11.3 Å². The van der Waals surface area contributed by atoms with Crippen LogP contribution >= 0.6 is 11.3 Å². The van der Waals surface area contributed by atoms with E-state index in [0.29, 0.717) is 5.56 Å². The summed E-state index contributed by atoms with van der Waals surface area (Å²) < 4.78 is 10.4. The molecule has 0 fully saturated rings. The van der Waals surface area contributed by atoms with Gasteiger partial charge >= 0.3 is 17.9 Å². The summed E-state index contributed by atoms with van der Waals surface area (Å²) in [5, 5.41) is 9.36. The number of thiophene rings is 1. The molecule has 2 aromatic rings. The maximum absolute atomic E-state index is 12.3. The second kappa shape index (κ2) is 7.48. The minimum absolute atomic E-state index is 0.109. The lowest BCUT2D eigenvalue weighted by Gasteiger charge is -2.08. The smallest absolute Gasteiger partial charge is 0.349 e. The third kappa shape index (κ3) is 4.24. The highest BCUT2D eigenvalue weighted by Crippen LogP contribution is 2.36. The van der Waals surface area contributed by atoms with Crippen LogP contribution in [0, 0.1) is 13.8 Å². The number of esters is 2. The zero-order valence-corrected chi connectivity index (χ0v) is 15.1. The second-order valence-electron chi connectivity index (χ2n) is 5.73. The quantitative estimate of drug-likeness (QED) is 0.813. The first-order valence-corrected chi connectivity index (χ1v) is 8.38. The highest BCUT2D eigenvalue weighted by molar-refractivity contribution is 7.16. The van der Waals surface area contributed by atoms with Crippen LogP contribution in [-0.4, -0.2) is 29.1 Å². The summed E-state index contributed by atoms with van der Waals surface area (Å²) in [6.45, 7) is 6.74. The van der Waals surface area contributed by atoms with Crippen LogP contribution in [0.1, 0.15) is 54.7 Å². The van der Waals surface area contributed by atoms with E-state index in [1.54, 1.807) is 32.0 Å². The van der Waals surface area contributed by atoms with Crippen LogP contribution in [0.2, 0.25) is 0 Å². The number of carbonyl (C=O) groups excluding carboxylic acids is 2. The fourth-order valence-corrected chi connectivity index (χ4v) is 3.10. The van der Waals surface area contributed by atoms with E-state index in [4.69, 9.17) is 9.47 Å². The lowest BCUT2D eigenvalue weighted by molar-refractivity contribution is 0.0381. The molecule has 0 atom stereocenters. The van der Waals surface area contributed by atoms with Gasteiger partial charge in [0.25, 0.3) is 0 Å². The lowest BCUT2D eigenvalue weighted by Crippen LogP contribution is -2.12. The van der Waals surface area contributed by atoms with Crippen molar-refractivity contribution >= 4 is 29.2 Å². The van der Waals surface area contributed by atoms with Crippen molar-refractivity contribution in [3.8, 4) is 5.75 Å². The van der Waals surface area contributed by atoms with E-state index in [2.05, 4.69) is 0 Å². The molecule has 0 unspecified atom stereocenters. The zero-order chi connectivity index (χ0) is 18.7. The predicted molar refractivity (Wildman–Crippen MR) is 92.7 cm³/mol. The number of carbonyl (C=O) groups is 3. The van der Waals surface area contributed by atoms with Crippen molar-refractivity contribution in [2.24, 2.45) is 0 Å². The Balaban J connectivity index is 2.39. The van der Waals surface area contributed by atoms with Crippen molar-refractivity contribution in [3.63, 3.8) is 0 Å². The van der Waals surface area contributed by atoms with Crippen LogP contribution in [-0.2, 0) is 4.74 Å². The number of aromatic carboxylic acids is 1. The molecule has 0 saturated heterocycles. The van der Waals surface area contributed by atoms with Crippen LogP contribution in [0.15, 0.2) is 24.3 Å². The molecule has 1 heterocycles. The van der Waals surface area contributed by atoms with Crippen LogP contribution in [0.25, 0.3) is 0 Å². The van der Waals surface area contributed by atoms with E-state index in [0.717, 1.165) is 16.9 Å². The van der Waals surface area contributed by atoms with Gasteiger partial charge in [0.05, 0.1) is 11.7 Å². The molecule has 1 aromatic carbocycles. The summed E-state index contributed by atoms with van der Waals surface area (Å²) in [6, 6.07) is 6.75. The molecule has 0 bridgehead atoms. The molecule has 6 nitrogen and oxygen atoms in total. The number of aryl methyl sites for hydroxylation is 1. The number of carboxylic acids is 1. The molecule has 0 aliphatic rings. The number of ether oxygens (including phenoxy) is 2. The van der Waals surface area contributed by atoms with E-state index in [1.165, 1.54) is 6.92 Å². The molecule has 25 heavy (non-hydrogen) atoms. The molecule has 1 N–H and O–H groups in total. The molecule has 0 radical (unpaired) electrons. The summed E-state index contributed by atoms with van der Waals surface area (Å²) in [5.74, 6) is -2.72. The Morgan fingerprint density at radius 1 is 1.08 bits per heavy atom. The van der Waals surface area contributed by atoms with E-state index in [-0.39, 0.29) is 27.2 Å². The highest BCUT2D eigenvalue weighted by Gasteiger charge is 2.28. The summed E-state index contributed by atoms with van der Waals surface area (Å²) in [5.41, 5.74) is 1.44. The molecule has 1 aromatic heterocycles. The Bertz CT molecular complexity index is 834. The monoisotopic (exact) mass is 362 g/mol. The SMILES string of the molecule is Cc1cccc(C(=O)Oc2c(C(=O)O)sc(C(=O)OC(C)C)c2C)c1. The largest absolute Gasteiger partial charge is 0.477 e. The molecule has 132 valence electrons. The summed E-state index contributed by atoms with van der Waals surface area (Å²) >= 11 is 0.733. The van der Waals surface area contributed by atoms with Crippen LogP contribution in [0.5, 0.6) is 5.75 Å². The first-order valence-electron chi connectivity index (χ1n) is 7.57. The maximum atomic E-state index is 12.3. The van der Waals surface area contributed by atoms with Crippen molar-refractivity contribution in [2.75, 3.05) is 0 Å². The Kier molecular flexibility index (Phi) is 5.58. The van der Waals surface area contributed by atoms with Gasteiger partial charge in [0.1, 0.15) is 4.88 Å². The molecular formula is C18H18O6S. The molecule has 0 saturated carbocycles. The minimum Gasteiger partial charge on any atom is -0.477 e. The van der Waals surface area contributed by atoms with Gasteiger partial charge in [0.2, 0.25) is 0 Å². The second-order valence-corrected chi connectivity index (χ2v) is 6.75. The van der Waals surface area contributed by atoms with Crippen molar-refractivity contribution in [1.82, 2.24) is 0 Å². The lowest BCUT2D eigenvalue weighted by atomic mass is 10.1. The first-order chi connectivity index (χ1) is 11.7. The van der Waals surface area contributed by atoms with Gasteiger partial charge in [-0.05, 0) is 39.8 Å². The van der Waals surface area contributed by atoms with Gasteiger partial charge in [-0.2, -0.15) is 0 Å². The van der Waals surface area contributed by atoms with E-state index < -0.39 is 17.9 Å². The van der Waals surface area contributed by atoms with E-state index in [9.17, 15) is 19.5 Å². The molecule has 0 spiro atoms. The molecule has 0 amide bonds. The highest BCUT2D eigenvalue weighted by atomic mass is 32.1. The Labute approximate surface area is 149 Å². The van der Waals surface area contributed by atoms with E-state index >= 15 is 0 Å². The van der Waals surface area contributed by atoms with Crippen molar-refractivity contribution in [2.45, 2.75) is 33.8 Å². The molecular weight excluding hydrogens is 344 g/mol. The van der Waals surface area contributed by atoms with Gasteiger partial charge < -0.3 is 14.6 Å². The number of hydrogen-bond donors (Lipinski definition) is 1. The van der Waals surface area contributed by atoms with Crippen molar-refractivity contribution in [3.05, 3.63) is 50.7 Å². The molecule has 2 rings (SSSR count). The van der Waals surface area contributed by atoms with Gasteiger partial charge in [-0.1, -0.05) is 17.7 Å². The maximum Gasteiger partial charge on any atom is 0.349 e. The average Bonchev–Trinajstić information content (AvgIpc) is 2.84. The van der Waals surface area contributed by atoms with Gasteiger partial charge in [0.15, 0.2) is 10.6 Å². The fraction of sp³-hybridized carbons (Fsp3) is 0.278. The normalized spacial score (nSPS) is 10.6. The standard InChI is InChI=1S/C18H18O6S/c1-9(2)23-18(22)14-11(4)13(15(25-14)16(19)20)24-17(21)12-7-5-6-10(3)8-12/h5-9H,1-4H3,(H,19,20). The molecule has 7 heteroatoms. The van der Waals surface area contributed by atoms with Gasteiger partial charge in [-0.3, -0.25) is 0 Å². The Morgan fingerprint density at radius 2 is 1.76 bits per heavy atom. The van der Waals surface area contributed by atoms with Crippen molar-refractivity contribution < 1.29 is 29.0 Å². The zero-order valence-electron chi connectivity index (χ0n) is 14.3. The Morgan fingerprint density at radius 3 is 2.32 bits per heavy atom. The van der Waals surface area contributed by atoms with Crippen LogP contribution in [0.4, 0.5) is 0 Å². The third-order valence-electron chi connectivity index (χ3n) is 3.26. The van der Waals surface area contributed by atoms with E-state index in [1.807, 2.05) is 13.0 Å². The third-order valence-corrected chi connectivity index (χ3v) is 4.50. The number of benzene rings is 1. The Hall–Kier alpha value is -2.67. The number of rotatable bonds is 5. The predicted octanol–water partition coefficient (Wildman–Crippen LogP) is 3.85. The molecule has 0 aliphatic carbocycles. The summed E-state index contributed by atoms with van der Waals surface area (Å²) in [7, 11) is 0. The minimum atomic E-state index is -1.27. The topological polar surface area (TPSA) is 89.9 Å². The van der Waals surface area contributed by atoms with Crippen LogP contribution in [0.3, 0.4) is 0 Å². The number of hydrogen-bond acceptors (Lipinski definition) is 6. The van der Waals surface area contributed by atoms with Gasteiger partial charge in [-0.25, -0.2) is 14.4 Å². The van der Waals surface area contributed by atoms with Crippen LogP contribution < -0.4 is 4.74 Å². The van der Waals surface area contributed by atoms with Gasteiger partial charge in [0, 0.05) is 5.56 Å². The summed E-state index contributed by atoms with van der Waals surface area (Å²) in [6.07, 6.45) is -0.347. The molecule has 0 aliphatic heterocycles. The fourth-order valence-electron chi connectivity index (χ4n) is 2.15. The first kappa shape index (κ1) is 18.7. The summed E-state index contributed by atoms with van der Waals surface area (Å²) in [4.78, 5) is 35.8. The van der Waals surface area contributed by atoms with Crippen molar-refractivity contribution in [1.29, 1.82) is 0 Å². The average molecular weight is 362 g/mol.